The van der Waals surface area contributed by atoms with Gasteiger partial charge in [0.1, 0.15) is 0 Å². The maximum absolute atomic E-state index is 11.7. The molecule has 0 fully saturated rings. The number of halogens is 1. The minimum Gasteiger partial charge on any atom is -0.348 e. The number of nitrogens with zero attached hydrogens (tertiary/aromatic N) is 3. The molecule has 1 heterocycles. The molecular weight excluding hydrogens is 258 g/mol. The standard InChI is InChI=1S/C10H12ClN5O2/c1-6(17)14-8-7(11)16(2)9(15-8)10(18)13-5-3-4-12/h3,5H2,1-2H3,(H,13,18)(H,14,17). The van der Waals surface area contributed by atoms with E-state index in [4.69, 9.17) is 16.9 Å². The molecule has 0 spiro atoms. The third-order valence-electron chi connectivity index (χ3n) is 2.05. The number of nitriles is 1. The van der Waals surface area contributed by atoms with E-state index in [-0.39, 0.29) is 35.7 Å². The minimum atomic E-state index is -0.453. The van der Waals surface area contributed by atoms with Crippen LogP contribution in [0.4, 0.5) is 5.82 Å². The van der Waals surface area contributed by atoms with E-state index >= 15 is 0 Å². The van der Waals surface area contributed by atoms with Crippen LogP contribution in [0.5, 0.6) is 0 Å². The van der Waals surface area contributed by atoms with Crippen LogP contribution in [-0.4, -0.2) is 27.9 Å². The zero-order valence-corrected chi connectivity index (χ0v) is 10.7. The lowest BCUT2D eigenvalue weighted by Crippen LogP contribution is -2.27. The molecule has 7 nitrogen and oxygen atoms in total. The van der Waals surface area contributed by atoms with Crippen LogP contribution >= 0.6 is 11.6 Å². The normalized spacial score (nSPS) is 9.67. The Morgan fingerprint density at radius 2 is 2.22 bits per heavy atom. The molecule has 0 atom stereocenters. The Balaban J connectivity index is 2.87. The Bertz CT molecular complexity index is 517. The Morgan fingerprint density at radius 1 is 1.56 bits per heavy atom. The topological polar surface area (TPSA) is 99.8 Å². The Kier molecular flexibility index (Phi) is 4.68. The van der Waals surface area contributed by atoms with Crippen molar-refractivity contribution >= 4 is 29.2 Å². The first-order valence-electron chi connectivity index (χ1n) is 5.12. The van der Waals surface area contributed by atoms with Gasteiger partial charge in [-0.25, -0.2) is 4.98 Å². The van der Waals surface area contributed by atoms with Crippen molar-refractivity contribution in [2.75, 3.05) is 11.9 Å². The maximum atomic E-state index is 11.7. The number of nitrogens with one attached hydrogen (secondary N) is 2. The number of anilines is 1. The average molecular weight is 270 g/mol. The van der Waals surface area contributed by atoms with E-state index in [0.717, 1.165) is 0 Å². The lowest BCUT2D eigenvalue weighted by molar-refractivity contribution is -0.114. The number of aromatic nitrogens is 2. The van der Waals surface area contributed by atoms with Crippen molar-refractivity contribution in [1.82, 2.24) is 14.9 Å². The number of hydrogen-bond donors (Lipinski definition) is 2. The molecule has 0 aliphatic carbocycles. The third kappa shape index (κ3) is 3.21. The number of carbonyl (C=O) groups is 2. The predicted molar refractivity (Wildman–Crippen MR) is 65.1 cm³/mol. The second-order valence-corrected chi connectivity index (χ2v) is 3.84. The monoisotopic (exact) mass is 269 g/mol. The largest absolute Gasteiger partial charge is 0.348 e. The lowest BCUT2D eigenvalue weighted by atomic mass is 10.4. The molecule has 0 aliphatic rings. The molecule has 0 saturated carbocycles. The van der Waals surface area contributed by atoms with Crippen LogP contribution in [0.25, 0.3) is 0 Å². The SMILES string of the molecule is CC(=O)Nc1nc(C(=O)NCCC#N)n(C)c1Cl. The molecular formula is C10H12ClN5O2. The van der Waals surface area contributed by atoms with Crippen molar-refractivity contribution in [1.29, 1.82) is 5.26 Å². The van der Waals surface area contributed by atoms with Crippen molar-refractivity contribution < 1.29 is 9.59 Å². The highest BCUT2D eigenvalue weighted by molar-refractivity contribution is 6.32. The highest BCUT2D eigenvalue weighted by atomic mass is 35.5. The first-order chi connectivity index (χ1) is 8.47. The molecule has 0 saturated heterocycles. The molecule has 1 aromatic heterocycles. The fourth-order valence-corrected chi connectivity index (χ4v) is 1.41. The molecule has 2 amide bonds. The summed E-state index contributed by atoms with van der Waals surface area (Å²) in [6.45, 7) is 1.55. The first-order valence-corrected chi connectivity index (χ1v) is 5.50. The van der Waals surface area contributed by atoms with E-state index in [2.05, 4.69) is 15.6 Å². The molecule has 1 aromatic rings. The molecule has 18 heavy (non-hydrogen) atoms. The van der Waals surface area contributed by atoms with Crippen molar-refractivity contribution in [2.45, 2.75) is 13.3 Å². The Morgan fingerprint density at radius 3 is 2.78 bits per heavy atom. The van der Waals surface area contributed by atoms with Gasteiger partial charge in [-0.2, -0.15) is 5.26 Å². The summed E-state index contributed by atoms with van der Waals surface area (Å²) in [6, 6.07) is 1.91. The van der Waals surface area contributed by atoms with Gasteiger partial charge in [0.15, 0.2) is 11.0 Å². The molecule has 0 aromatic carbocycles. The molecule has 96 valence electrons. The van der Waals surface area contributed by atoms with Crippen LogP contribution in [0.2, 0.25) is 5.15 Å². The fraction of sp³-hybridized carbons (Fsp3) is 0.400. The molecule has 2 N–H and O–H groups in total. The number of hydrogen-bond acceptors (Lipinski definition) is 4. The summed E-state index contributed by atoms with van der Waals surface area (Å²) in [7, 11) is 1.56. The summed E-state index contributed by atoms with van der Waals surface area (Å²) in [6.07, 6.45) is 0.211. The number of rotatable bonds is 4. The van der Waals surface area contributed by atoms with E-state index < -0.39 is 5.91 Å². The van der Waals surface area contributed by atoms with E-state index in [1.54, 1.807) is 7.05 Å². The Labute approximate surface area is 109 Å². The van der Waals surface area contributed by atoms with Crippen LogP contribution in [0.3, 0.4) is 0 Å². The van der Waals surface area contributed by atoms with Crippen LogP contribution in [0.15, 0.2) is 0 Å². The second kappa shape index (κ2) is 6.02. The average Bonchev–Trinajstić information content (AvgIpc) is 2.57. The summed E-state index contributed by atoms with van der Waals surface area (Å²) in [5.41, 5.74) is 0. The molecule has 8 heteroatoms. The van der Waals surface area contributed by atoms with Crippen molar-refractivity contribution in [3.05, 3.63) is 11.0 Å². The van der Waals surface area contributed by atoms with Crippen LogP contribution < -0.4 is 10.6 Å². The quantitative estimate of drug-likeness (QED) is 0.785. The van der Waals surface area contributed by atoms with Gasteiger partial charge in [0.2, 0.25) is 11.7 Å². The summed E-state index contributed by atoms with van der Waals surface area (Å²) >= 11 is 5.92. The van der Waals surface area contributed by atoms with Gasteiger partial charge < -0.3 is 15.2 Å². The van der Waals surface area contributed by atoms with Gasteiger partial charge in [0.05, 0.1) is 12.5 Å². The van der Waals surface area contributed by atoms with Crippen LogP contribution in [-0.2, 0) is 11.8 Å². The van der Waals surface area contributed by atoms with E-state index in [0.29, 0.717) is 0 Å². The maximum Gasteiger partial charge on any atom is 0.287 e. The Hall–Kier alpha value is -2.07. The minimum absolute atomic E-state index is 0.0710. The van der Waals surface area contributed by atoms with Crippen molar-refractivity contribution in [2.24, 2.45) is 7.05 Å². The summed E-state index contributed by atoms with van der Waals surface area (Å²) in [5.74, 6) is -0.573. The third-order valence-corrected chi connectivity index (χ3v) is 2.48. The fourth-order valence-electron chi connectivity index (χ4n) is 1.24. The molecule has 0 unspecified atom stereocenters. The van der Waals surface area contributed by atoms with Gasteiger partial charge in [-0.3, -0.25) is 9.59 Å². The van der Waals surface area contributed by atoms with E-state index in [9.17, 15) is 9.59 Å². The van der Waals surface area contributed by atoms with Gasteiger partial charge >= 0.3 is 0 Å². The number of carbonyl (C=O) groups excluding carboxylic acids is 2. The summed E-state index contributed by atoms with van der Waals surface area (Å²) in [5, 5.41) is 13.5. The smallest absolute Gasteiger partial charge is 0.287 e. The number of imidazole rings is 1. The van der Waals surface area contributed by atoms with E-state index in [1.807, 2.05) is 6.07 Å². The summed E-state index contributed by atoms with van der Waals surface area (Å²) in [4.78, 5) is 26.6. The van der Waals surface area contributed by atoms with Crippen molar-refractivity contribution in [3.63, 3.8) is 0 Å². The van der Waals surface area contributed by atoms with Gasteiger partial charge in [-0.1, -0.05) is 11.6 Å². The zero-order valence-electron chi connectivity index (χ0n) is 9.95. The van der Waals surface area contributed by atoms with Crippen LogP contribution in [0.1, 0.15) is 24.0 Å². The summed E-state index contributed by atoms with van der Waals surface area (Å²) < 4.78 is 1.36. The van der Waals surface area contributed by atoms with Gasteiger partial charge in [0.25, 0.3) is 5.91 Å². The van der Waals surface area contributed by atoms with Crippen molar-refractivity contribution in [3.8, 4) is 6.07 Å². The molecule has 0 aliphatic heterocycles. The first kappa shape index (κ1) is 14.0. The molecule has 0 bridgehead atoms. The molecule has 1 rings (SSSR count). The second-order valence-electron chi connectivity index (χ2n) is 3.48. The molecule has 0 radical (unpaired) electrons. The van der Waals surface area contributed by atoms with Gasteiger partial charge in [-0.05, 0) is 0 Å². The lowest BCUT2D eigenvalue weighted by Gasteiger charge is -2.02. The highest BCUT2D eigenvalue weighted by Crippen LogP contribution is 2.21. The van der Waals surface area contributed by atoms with E-state index in [1.165, 1.54) is 11.5 Å². The van der Waals surface area contributed by atoms with Crippen LogP contribution in [0, 0.1) is 11.3 Å². The van der Waals surface area contributed by atoms with Gasteiger partial charge in [-0.15, -0.1) is 0 Å². The number of amides is 2. The zero-order chi connectivity index (χ0) is 13.7. The predicted octanol–water partition coefficient (Wildman–Crippen LogP) is 0.675. The van der Waals surface area contributed by atoms with Gasteiger partial charge in [0, 0.05) is 20.5 Å². The highest BCUT2D eigenvalue weighted by Gasteiger charge is 2.18.